The van der Waals surface area contributed by atoms with Crippen molar-refractivity contribution < 1.29 is 9.59 Å². The largest absolute Gasteiger partial charge is 0.358 e. The predicted octanol–water partition coefficient (Wildman–Crippen LogP) is 4.62. The molecule has 1 saturated carbocycles. The highest BCUT2D eigenvalue weighted by Gasteiger charge is 2.21. The number of hydrogen-bond donors (Lipinski definition) is 3. The molecule has 0 atom stereocenters. The van der Waals surface area contributed by atoms with Crippen LogP contribution in [0.5, 0.6) is 0 Å². The van der Waals surface area contributed by atoms with Gasteiger partial charge in [-0.3, -0.25) is 9.59 Å². The minimum atomic E-state index is -0.134. The summed E-state index contributed by atoms with van der Waals surface area (Å²) in [5.41, 5.74) is 4.05. The fourth-order valence-corrected chi connectivity index (χ4v) is 4.76. The third-order valence-corrected chi connectivity index (χ3v) is 6.29. The van der Waals surface area contributed by atoms with Gasteiger partial charge in [-0.1, -0.05) is 37.5 Å². The number of hydrogen-bond acceptors (Lipinski definition) is 4. The van der Waals surface area contributed by atoms with E-state index in [-0.39, 0.29) is 24.2 Å². The summed E-state index contributed by atoms with van der Waals surface area (Å²) >= 11 is 1.41. The van der Waals surface area contributed by atoms with Gasteiger partial charge in [0.2, 0.25) is 11.8 Å². The summed E-state index contributed by atoms with van der Waals surface area (Å²) in [5, 5.41) is 9.42. The van der Waals surface area contributed by atoms with Crippen LogP contribution < -0.4 is 10.6 Å². The number of thiazole rings is 1. The molecular weight excluding hydrogens is 384 g/mol. The zero-order chi connectivity index (χ0) is 20.2. The third-order valence-electron chi connectivity index (χ3n) is 5.53. The van der Waals surface area contributed by atoms with Crippen LogP contribution in [0.1, 0.15) is 44.2 Å². The van der Waals surface area contributed by atoms with Crippen molar-refractivity contribution in [3.05, 3.63) is 35.3 Å². The number of fused-ring (bicyclic) bond motifs is 1. The van der Waals surface area contributed by atoms with Crippen molar-refractivity contribution in [1.82, 2.24) is 15.3 Å². The molecule has 2 heterocycles. The summed E-state index contributed by atoms with van der Waals surface area (Å²) in [6, 6.07) is 8.13. The van der Waals surface area contributed by atoms with E-state index in [2.05, 4.69) is 26.7 Å². The van der Waals surface area contributed by atoms with Crippen molar-refractivity contribution >= 4 is 39.2 Å². The van der Waals surface area contributed by atoms with E-state index in [4.69, 9.17) is 0 Å². The normalized spacial score (nSPS) is 14.8. The lowest BCUT2D eigenvalue weighted by Crippen LogP contribution is -2.34. The first-order chi connectivity index (χ1) is 14.1. The number of carbonyl (C=O) groups is 2. The highest BCUT2D eigenvalue weighted by molar-refractivity contribution is 7.14. The molecule has 0 saturated heterocycles. The molecule has 0 bridgehead atoms. The van der Waals surface area contributed by atoms with Gasteiger partial charge >= 0.3 is 0 Å². The number of benzene rings is 1. The molecule has 1 aromatic carbocycles. The Kier molecular flexibility index (Phi) is 5.94. The summed E-state index contributed by atoms with van der Waals surface area (Å²) < 4.78 is 0. The molecule has 152 valence electrons. The fraction of sp³-hybridized carbons (Fsp3) is 0.409. The molecule has 7 heteroatoms. The van der Waals surface area contributed by atoms with Crippen LogP contribution in [0.3, 0.4) is 0 Å². The monoisotopic (exact) mass is 410 g/mol. The molecule has 3 aromatic rings. The standard InChI is InChI=1S/C22H26N4O2S/c1-14-20(16-9-5-6-10-17(16)24-14)18-13-29-22(25-18)26-19(27)11-12-23-21(28)15-7-3-2-4-8-15/h5-6,9-10,13,15,24H,2-4,7-8,11-12H2,1H3,(H,23,28)(H,25,26,27). The van der Waals surface area contributed by atoms with E-state index in [0.717, 1.165) is 53.5 Å². The molecule has 1 fully saturated rings. The number of aryl methyl sites for hydroxylation is 1. The number of carbonyl (C=O) groups excluding carboxylic acids is 2. The molecule has 0 spiro atoms. The minimum Gasteiger partial charge on any atom is -0.358 e. The lowest BCUT2D eigenvalue weighted by molar-refractivity contribution is -0.126. The first-order valence-corrected chi connectivity index (χ1v) is 11.1. The fourth-order valence-electron chi connectivity index (χ4n) is 4.04. The summed E-state index contributed by atoms with van der Waals surface area (Å²) in [6.07, 6.45) is 5.65. The molecule has 29 heavy (non-hydrogen) atoms. The van der Waals surface area contributed by atoms with Crippen LogP contribution in [0.15, 0.2) is 29.6 Å². The molecule has 4 rings (SSSR count). The van der Waals surface area contributed by atoms with Gasteiger partial charge in [-0.2, -0.15) is 0 Å². The van der Waals surface area contributed by atoms with Gasteiger partial charge in [0.1, 0.15) is 0 Å². The average molecular weight is 411 g/mol. The van der Waals surface area contributed by atoms with Gasteiger partial charge in [0.05, 0.1) is 5.69 Å². The molecule has 6 nitrogen and oxygen atoms in total. The smallest absolute Gasteiger partial charge is 0.227 e. The average Bonchev–Trinajstić information content (AvgIpc) is 3.31. The number of rotatable bonds is 6. The lowest BCUT2D eigenvalue weighted by Gasteiger charge is -2.20. The Balaban J connectivity index is 1.32. The van der Waals surface area contributed by atoms with E-state index in [1.165, 1.54) is 17.8 Å². The van der Waals surface area contributed by atoms with Gasteiger partial charge in [0, 0.05) is 46.4 Å². The van der Waals surface area contributed by atoms with Crippen molar-refractivity contribution in [3.8, 4) is 11.3 Å². The second-order valence-electron chi connectivity index (χ2n) is 7.63. The Morgan fingerprint density at radius 3 is 2.83 bits per heavy atom. The van der Waals surface area contributed by atoms with Crippen molar-refractivity contribution in [2.75, 3.05) is 11.9 Å². The van der Waals surface area contributed by atoms with Gasteiger partial charge in [-0.25, -0.2) is 4.98 Å². The van der Waals surface area contributed by atoms with Gasteiger partial charge in [0.15, 0.2) is 5.13 Å². The zero-order valence-corrected chi connectivity index (χ0v) is 17.4. The van der Waals surface area contributed by atoms with Gasteiger partial charge in [-0.15, -0.1) is 11.3 Å². The van der Waals surface area contributed by atoms with Gasteiger partial charge in [-0.05, 0) is 25.8 Å². The SMILES string of the molecule is Cc1[nH]c2ccccc2c1-c1csc(NC(=O)CCNC(=O)C2CCCCC2)n1. The number of amides is 2. The number of aromatic nitrogens is 2. The molecule has 0 radical (unpaired) electrons. The molecule has 1 aliphatic rings. The third kappa shape index (κ3) is 4.50. The maximum absolute atomic E-state index is 12.2. The number of anilines is 1. The first kappa shape index (κ1) is 19.6. The van der Waals surface area contributed by atoms with E-state index < -0.39 is 0 Å². The number of H-pyrrole nitrogens is 1. The van der Waals surface area contributed by atoms with Crippen LogP contribution in [0.2, 0.25) is 0 Å². The van der Waals surface area contributed by atoms with E-state index in [1.807, 2.05) is 30.5 Å². The van der Waals surface area contributed by atoms with E-state index in [9.17, 15) is 9.59 Å². The Bertz CT molecular complexity index is 1020. The quantitative estimate of drug-likeness (QED) is 0.554. The van der Waals surface area contributed by atoms with Crippen LogP contribution in [0.25, 0.3) is 22.2 Å². The van der Waals surface area contributed by atoms with Crippen molar-refractivity contribution in [1.29, 1.82) is 0 Å². The van der Waals surface area contributed by atoms with Crippen molar-refractivity contribution in [3.63, 3.8) is 0 Å². The summed E-state index contributed by atoms with van der Waals surface area (Å²) in [6.45, 7) is 2.39. The van der Waals surface area contributed by atoms with E-state index in [0.29, 0.717) is 11.7 Å². The number of aromatic amines is 1. The zero-order valence-electron chi connectivity index (χ0n) is 16.6. The Labute approximate surface area is 174 Å². The summed E-state index contributed by atoms with van der Waals surface area (Å²) in [5.74, 6) is 0.0714. The van der Waals surface area contributed by atoms with Gasteiger partial charge < -0.3 is 15.6 Å². The van der Waals surface area contributed by atoms with E-state index in [1.54, 1.807) is 0 Å². The summed E-state index contributed by atoms with van der Waals surface area (Å²) in [4.78, 5) is 32.4. The molecule has 2 aromatic heterocycles. The molecule has 1 aliphatic carbocycles. The Hall–Kier alpha value is -2.67. The topological polar surface area (TPSA) is 86.9 Å². The molecule has 2 amide bonds. The number of nitrogens with zero attached hydrogens (tertiary/aromatic N) is 1. The van der Waals surface area contributed by atoms with E-state index >= 15 is 0 Å². The Morgan fingerprint density at radius 1 is 1.21 bits per heavy atom. The first-order valence-electron chi connectivity index (χ1n) is 10.2. The second-order valence-corrected chi connectivity index (χ2v) is 8.49. The molecule has 0 aliphatic heterocycles. The minimum absolute atomic E-state index is 0.0869. The van der Waals surface area contributed by atoms with Crippen LogP contribution in [-0.4, -0.2) is 28.3 Å². The predicted molar refractivity (Wildman–Crippen MR) is 117 cm³/mol. The molecule has 3 N–H and O–H groups in total. The van der Waals surface area contributed by atoms with Crippen LogP contribution in [0, 0.1) is 12.8 Å². The van der Waals surface area contributed by atoms with Crippen molar-refractivity contribution in [2.24, 2.45) is 5.92 Å². The Morgan fingerprint density at radius 2 is 2.00 bits per heavy atom. The number of para-hydroxylation sites is 1. The second kappa shape index (κ2) is 8.78. The molecule has 0 unspecified atom stereocenters. The van der Waals surface area contributed by atoms with Crippen LogP contribution in [-0.2, 0) is 9.59 Å². The molecular formula is C22H26N4O2S. The van der Waals surface area contributed by atoms with Crippen LogP contribution >= 0.6 is 11.3 Å². The highest BCUT2D eigenvalue weighted by Crippen LogP contribution is 2.33. The van der Waals surface area contributed by atoms with Gasteiger partial charge in [0.25, 0.3) is 0 Å². The number of nitrogens with one attached hydrogen (secondary N) is 3. The highest BCUT2D eigenvalue weighted by atomic mass is 32.1. The summed E-state index contributed by atoms with van der Waals surface area (Å²) in [7, 11) is 0. The maximum Gasteiger partial charge on any atom is 0.227 e. The lowest BCUT2D eigenvalue weighted by atomic mass is 9.89. The maximum atomic E-state index is 12.2. The van der Waals surface area contributed by atoms with Crippen molar-refractivity contribution in [2.45, 2.75) is 45.4 Å². The van der Waals surface area contributed by atoms with Crippen LogP contribution in [0.4, 0.5) is 5.13 Å².